The molecule has 0 aromatic heterocycles. The topological polar surface area (TPSA) is 229 Å². The van der Waals surface area contributed by atoms with E-state index in [4.69, 9.17) is 37.9 Å². The number of ether oxygens (including phenoxy) is 8. The predicted molar refractivity (Wildman–Crippen MR) is 306 cm³/mol. The number of benzene rings is 4. The van der Waals surface area contributed by atoms with Crippen LogP contribution in [-0.2, 0) is 36.6 Å². The Morgan fingerprint density at radius 2 is 1.00 bits per heavy atom. The molecule has 85 heavy (non-hydrogen) atoms. The maximum absolute atomic E-state index is 13.1. The van der Waals surface area contributed by atoms with Crippen LogP contribution >= 0.6 is 23.5 Å². The van der Waals surface area contributed by atoms with Gasteiger partial charge in [0.1, 0.15) is 48.3 Å². The van der Waals surface area contributed by atoms with E-state index in [0.29, 0.717) is 64.2 Å². The van der Waals surface area contributed by atoms with Gasteiger partial charge in [0.05, 0.1) is 58.6 Å². The Labute approximate surface area is 575 Å². The van der Waals surface area contributed by atoms with Gasteiger partial charge >= 0.3 is 11.9 Å². The molecule has 2 radical (unpaired) electrons. The fourth-order valence-electron chi connectivity index (χ4n) is 15.6. The summed E-state index contributed by atoms with van der Waals surface area (Å²) >= 11 is 3.23. The fraction of sp³-hybridized carbons (Fsp3) is 0.548. The van der Waals surface area contributed by atoms with Gasteiger partial charge in [0, 0.05) is 175 Å². The number of phenolic OH excluding ortho intramolecular Hbond substituents is 3. The molecule has 0 amide bonds. The van der Waals surface area contributed by atoms with Crippen molar-refractivity contribution in [1.82, 2.24) is 19.6 Å². The molecule has 0 saturated carbocycles. The zero-order valence-corrected chi connectivity index (χ0v) is 60.8. The molecule has 23 heteroatoms. The molecule has 10 aliphatic rings. The quantitative estimate of drug-likeness (QED) is 0.130. The van der Waals surface area contributed by atoms with E-state index in [0.717, 1.165) is 66.9 Å². The van der Waals surface area contributed by atoms with E-state index in [9.17, 15) is 35.4 Å². The molecule has 3 N–H and O–H groups in total. The Hall–Kier alpha value is -3.42. The van der Waals surface area contributed by atoms with Gasteiger partial charge in [-0.05, 0) is 102 Å². The summed E-state index contributed by atoms with van der Waals surface area (Å²) in [6, 6.07) is 6.34. The van der Waals surface area contributed by atoms with Crippen molar-refractivity contribution in [2.24, 2.45) is 11.8 Å². The third-order valence-corrected chi connectivity index (χ3v) is 23.0. The molecule has 4 fully saturated rings. The van der Waals surface area contributed by atoms with E-state index in [-0.39, 0.29) is 204 Å². The number of nitriles is 2. The Morgan fingerprint density at radius 1 is 0.588 bits per heavy atom. The SMILES string of the molecule is COCOc1c(C)c(C)cc2c1[C@@H]1C3[C@@H]4SCC(C)C(=O)OC[C@@H](c5c6c(c(C)c(O)c54)OCO6)N3[C@@H](C#N)[C@H](C2)N1C.Cc1cc2c(c(O)c1C)[C@@H]1C3[C@@H]4SCC(C)C(=O)OC[C@@H](c5c6c(c(C)c(O)c54)OCO6)N3[C@@H](C#N)[C@H](C2)N1C.[Ac].[Ac]. The molecular formula is C62H70Ac2N6O13S2. The Kier molecular flexibility index (Phi) is 17.9. The van der Waals surface area contributed by atoms with Crippen LogP contribution < -0.4 is 23.7 Å². The number of aromatic hydroxyl groups is 3. The molecule has 0 aliphatic carbocycles. The number of hydrogen-bond donors (Lipinski definition) is 3. The zero-order chi connectivity index (χ0) is 58.5. The molecule has 14 rings (SSSR count). The van der Waals surface area contributed by atoms with E-state index >= 15 is 0 Å². The molecule has 4 saturated heterocycles. The Morgan fingerprint density at radius 3 is 1.45 bits per heavy atom. The first kappa shape index (κ1) is 63.2. The molecule has 8 bridgehead atoms. The molecule has 444 valence electrons. The predicted octanol–water partition coefficient (Wildman–Crippen LogP) is 8.17. The van der Waals surface area contributed by atoms with E-state index in [1.807, 2.05) is 48.6 Å². The average Bonchev–Trinajstić information content (AvgIpc) is 1.32. The summed E-state index contributed by atoms with van der Waals surface area (Å²) in [5.74, 6) is 3.33. The first-order chi connectivity index (χ1) is 39.8. The number of cyclic esters (lactones) is 2. The molecule has 14 atom stereocenters. The van der Waals surface area contributed by atoms with E-state index < -0.39 is 24.2 Å². The fourth-order valence-corrected chi connectivity index (χ4v) is 18.7. The summed E-state index contributed by atoms with van der Waals surface area (Å²) in [6.07, 6.45) is 1.28. The number of hydrogen-bond acceptors (Lipinski definition) is 21. The number of carbonyl (C=O) groups excluding carboxylic acids is 2. The van der Waals surface area contributed by atoms with E-state index in [1.165, 1.54) is 5.56 Å². The summed E-state index contributed by atoms with van der Waals surface area (Å²) in [6.45, 7) is 15.8. The summed E-state index contributed by atoms with van der Waals surface area (Å²) in [4.78, 5) is 35.0. The second-order valence-electron chi connectivity index (χ2n) is 24.1. The number of methoxy groups -OCH3 is 1. The van der Waals surface area contributed by atoms with Crippen molar-refractivity contribution < 1.29 is 151 Å². The molecule has 10 heterocycles. The number of carbonyl (C=O) groups is 2. The molecule has 10 aliphatic heterocycles. The van der Waals surface area contributed by atoms with E-state index in [1.54, 1.807) is 30.6 Å². The van der Waals surface area contributed by atoms with Gasteiger partial charge < -0.3 is 53.2 Å². The van der Waals surface area contributed by atoms with E-state index in [2.05, 4.69) is 64.8 Å². The molecular weight excluding hydrogens is 1550 g/mol. The Balaban J connectivity index is 0.000000173. The molecule has 19 nitrogen and oxygen atoms in total. The van der Waals surface area contributed by atoms with Crippen LogP contribution in [0.2, 0.25) is 0 Å². The van der Waals surface area contributed by atoms with Gasteiger partial charge in [0.15, 0.2) is 29.8 Å². The van der Waals surface area contributed by atoms with Crippen molar-refractivity contribution in [2.75, 3.05) is 66.3 Å². The summed E-state index contributed by atoms with van der Waals surface area (Å²) in [7, 11) is 5.76. The molecule has 4 aromatic carbocycles. The number of esters is 2. The number of piperazine rings is 2. The maximum Gasteiger partial charge on any atom is 0.309 e. The second kappa shape index (κ2) is 24.1. The van der Waals surface area contributed by atoms with Gasteiger partial charge in [-0.1, -0.05) is 26.0 Å². The average molecular weight is 1630 g/mol. The van der Waals surface area contributed by atoms with Crippen LogP contribution in [-0.4, -0.2) is 149 Å². The molecule has 0 spiro atoms. The summed E-state index contributed by atoms with van der Waals surface area (Å²) in [5.41, 5.74) is 12.6. The Bertz CT molecular complexity index is 3530. The number of rotatable bonds is 3. The first-order valence-corrected chi connectivity index (χ1v) is 30.6. The standard InChI is InChI=1S/C32H37N3O7S.C30H33N3O6S.2Ac/c1-14-7-18-8-19-20(9-33)35-21-10-39-32(37)15(2)11-43-31(24-23(21)30-29(41-13-42-30)17(4)27(24)36)26(35)25(34(19)5)22(18)28(16(14)3)40-12-38-6;1-12-6-16-7-17-18(8-31)33-19-9-37-30(36)13(2)10-40-29(24(33)23(32(17)5)20(16)25(34)14(12)3)22-21(19)28-27(38-11-39-28)15(4)26(22)35;;/h7,15,19-21,25-26,31,36H,8,10-13H2,1-6H3;6,13,17-19,23-24,29,34-35H,7,9-11H2,1-5H3;;/t15?,19-,20-,21-,25+,26?,31+;13?,17-,18-,19-,23+,24?,29+;;/m00../s1. The number of fused-ring (bicyclic) bond motifs is 18. The van der Waals surface area contributed by atoms with Crippen molar-refractivity contribution in [1.29, 1.82) is 10.5 Å². The third-order valence-electron chi connectivity index (χ3n) is 19.9. The van der Waals surface area contributed by atoms with Gasteiger partial charge in [-0.3, -0.25) is 29.2 Å². The number of phenols is 3. The third kappa shape index (κ3) is 9.52. The zero-order valence-electron chi connectivity index (χ0n) is 49.7. The van der Waals surface area contributed by atoms with Crippen molar-refractivity contribution in [3.63, 3.8) is 0 Å². The van der Waals surface area contributed by atoms with Crippen LogP contribution in [0.5, 0.6) is 46.0 Å². The normalized spacial score (nSPS) is 31.0. The van der Waals surface area contributed by atoms with Crippen LogP contribution in [0.25, 0.3) is 0 Å². The van der Waals surface area contributed by atoms with Crippen LogP contribution in [0.15, 0.2) is 12.1 Å². The van der Waals surface area contributed by atoms with Gasteiger partial charge in [-0.2, -0.15) is 34.0 Å². The molecule has 4 aromatic rings. The second-order valence-corrected chi connectivity index (χ2v) is 26.5. The first-order valence-electron chi connectivity index (χ1n) is 28.6. The number of thioether (sulfide) groups is 2. The van der Waals surface area contributed by atoms with Crippen molar-refractivity contribution in [3.8, 4) is 58.1 Å². The maximum atomic E-state index is 13.1. The minimum Gasteiger partial charge on any atom is -0.507 e. The van der Waals surface area contributed by atoms with Gasteiger partial charge in [-0.25, -0.2) is 0 Å². The minimum atomic E-state index is -0.536. The van der Waals surface area contributed by atoms with Crippen molar-refractivity contribution >= 4 is 35.5 Å². The van der Waals surface area contributed by atoms with Crippen LogP contribution in [0.1, 0.15) is 126 Å². The number of aryl methyl sites for hydroxylation is 2. The smallest absolute Gasteiger partial charge is 0.309 e. The summed E-state index contributed by atoms with van der Waals surface area (Å²) < 4.78 is 47.3. The number of nitrogens with zero attached hydrogens (tertiary/aromatic N) is 6. The monoisotopic (exact) mass is 1620 g/mol. The minimum absolute atomic E-state index is 0. The van der Waals surface area contributed by atoms with Crippen LogP contribution in [0.4, 0.5) is 0 Å². The summed E-state index contributed by atoms with van der Waals surface area (Å²) in [5, 5.41) is 56.2. The van der Waals surface area contributed by atoms with Gasteiger partial charge in [0.2, 0.25) is 13.6 Å². The van der Waals surface area contributed by atoms with Crippen LogP contribution in [0.3, 0.4) is 0 Å². The van der Waals surface area contributed by atoms with Gasteiger partial charge in [-0.15, -0.1) is 0 Å². The van der Waals surface area contributed by atoms with Gasteiger partial charge in [0.25, 0.3) is 0 Å². The number of likely N-dealkylation sites (N-methyl/N-ethyl adjacent to an activating group) is 2. The molecule has 4 unspecified atom stereocenters. The van der Waals surface area contributed by atoms with Crippen molar-refractivity contribution in [3.05, 3.63) is 90.0 Å². The van der Waals surface area contributed by atoms with Crippen molar-refractivity contribution in [2.45, 2.75) is 139 Å². The van der Waals surface area contributed by atoms with Crippen LogP contribution in [0, 0.1) is 164 Å². The largest absolute Gasteiger partial charge is 0.507 e.